The maximum atomic E-state index is 10.7. The monoisotopic (exact) mass is 311 g/mol. The van der Waals surface area contributed by atoms with Crippen LogP contribution in [0, 0.1) is 16.0 Å². The number of rotatable bonds is 6. The average Bonchev–Trinajstić information content (AvgIpc) is 2.49. The maximum absolute atomic E-state index is 10.7. The Morgan fingerprint density at radius 1 is 1.43 bits per heavy atom. The summed E-state index contributed by atoms with van der Waals surface area (Å²) in [6.07, 6.45) is 2.43. The third kappa shape index (κ3) is 4.66. The molecule has 1 aromatic carbocycles. The summed E-state index contributed by atoms with van der Waals surface area (Å²) in [4.78, 5) is 12.7. The van der Waals surface area contributed by atoms with Gasteiger partial charge in [0, 0.05) is 25.2 Å². The molecule has 1 heterocycles. The molecule has 5 nitrogen and oxygen atoms in total. The Morgan fingerprint density at radius 2 is 2.14 bits per heavy atom. The number of hydrogen-bond donors (Lipinski definition) is 1. The van der Waals surface area contributed by atoms with Crippen LogP contribution in [0.4, 0.5) is 5.69 Å². The second kappa shape index (κ2) is 7.73. The fourth-order valence-electron chi connectivity index (χ4n) is 2.75. The number of nitro groups is 1. The lowest BCUT2D eigenvalue weighted by Crippen LogP contribution is -2.35. The van der Waals surface area contributed by atoms with Crippen LogP contribution >= 0.6 is 11.6 Å². The van der Waals surface area contributed by atoms with E-state index < -0.39 is 4.92 Å². The van der Waals surface area contributed by atoms with E-state index in [4.69, 9.17) is 11.6 Å². The Balaban J connectivity index is 1.99. The summed E-state index contributed by atoms with van der Waals surface area (Å²) in [6.45, 7) is 7.10. The van der Waals surface area contributed by atoms with Crippen LogP contribution in [-0.2, 0) is 6.54 Å². The van der Waals surface area contributed by atoms with Crippen LogP contribution in [0.3, 0.4) is 0 Å². The normalized spacial score (nSPS) is 16.3. The predicted octanol–water partition coefficient (Wildman–Crippen LogP) is 3.07. The van der Waals surface area contributed by atoms with Gasteiger partial charge in [-0.25, -0.2) is 0 Å². The predicted molar refractivity (Wildman–Crippen MR) is 84.7 cm³/mol. The zero-order chi connectivity index (χ0) is 15.2. The molecule has 0 spiro atoms. The lowest BCUT2D eigenvalue weighted by atomic mass is 9.97. The van der Waals surface area contributed by atoms with Crippen molar-refractivity contribution < 1.29 is 4.92 Å². The number of hydrogen-bond acceptors (Lipinski definition) is 4. The highest BCUT2D eigenvalue weighted by Crippen LogP contribution is 2.24. The third-order valence-electron chi connectivity index (χ3n) is 4.06. The van der Waals surface area contributed by atoms with Gasteiger partial charge in [-0.15, -0.1) is 0 Å². The molecule has 6 heteroatoms. The van der Waals surface area contributed by atoms with Crippen molar-refractivity contribution in [3.63, 3.8) is 0 Å². The second-order valence-corrected chi connectivity index (χ2v) is 5.96. The van der Waals surface area contributed by atoms with Crippen molar-refractivity contribution in [3.8, 4) is 0 Å². The Labute approximate surface area is 130 Å². The van der Waals surface area contributed by atoms with Crippen LogP contribution < -0.4 is 5.32 Å². The number of nitrogens with zero attached hydrogens (tertiary/aromatic N) is 2. The number of non-ortho nitro benzene ring substituents is 1. The zero-order valence-electron chi connectivity index (χ0n) is 12.3. The molecular formula is C15H22ClN3O2. The summed E-state index contributed by atoms with van der Waals surface area (Å²) < 4.78 is 0. The van der Waals surface area contributed by atoms with Gasteiger partial charge in [-0.2, -0.15) is 0 Å². The maximum Gasteiger partial charge on any atom is 0.270 e. The smallest absolute Gasteiger partial charge is 0.270 e. The van der Waals surface area contributed by atoms with E-state index in [1.807, 2.05) is 0 Å². The lowest BCUT2D eigenvalue weighted by Gasteiger charge is -2.29. The van der Waals surface area contributed by atoms with Gasteiger partial charge in [0.15, 0.2) is 0 Å². The highest BCUT2D eigenvalue weighted by Gasteiger charge is 2.17. The summed E-state index contributed by atoms with van der Waals surface area (Å²) in [5.41, 5.74) is 1.00. The van der Waals surface area contributed by atoms with Crippen LogP contribution in [0.2, 0.25) is 5.02 Å². The number of halogens is 1. The minimum absolute atomic E-state index is 0.0464. The fraction of sp³-hybridized carbons (Fsp3) is 0.600. The van der Waals surface area contributed by atoms with Gasteiger partial charge in [0.25, 0.3) is 5.69 Å². The van der Waals surface area contributed by atoms with Crippen molar-refractivity contribution in [2.45, 2.75) is 26.3 Å². The van der Waals surface area contributed by atoms with Gasteiger partial charge >= 0.3 is 0 Å². The SMILES string of the molecule is CCN(Cc1ccc([N+](=O)[O-])cc1Cl)CC1CCNCC1. The molecule has 21 heavy (non-hydrogen) atoms. The van der Waals surface area contributed by atoms with Crippen LogP contribution in [0.5, 0.6) is 0 Å². The average molecular weight is 312 g/mol. The second-order valence-electron chi connectivity index (χ2n) is 5.55. The molecular weight excluding hydrogens is 290 g/mol. The summed E-state index contributed by atoms with van der Waals surface area (Å²) in [5.74, 6) is 0.725. The van der Waals surface area contributed by atoms with Crippen molar-refractivity contribution in [2.75, 3.05) is 26.2 Å². The van der Waals surface area contributed by atoms with Crippen LogP contribution in [-0.4, -0.2) is 36.0 Å². The number of benzene rings is 1. The standard InChI is InChI=1S/C15H22ClN3O2/c1-2-18(10-12-5-7-17-8-6-12)11-13-3-4-14(19(20)21)9-15(13)16/h3-4,9,12,17H,2,5-8,10-11H2,1H3. The van der Waals surface area contributed by atoms with Crippen molar-refractivity contribution >= 4 is 17.3 Å². The van der Waals surface area contributed by atoms with Crippen molar-refractivity contribution in [1.82, 2.24) is 10.2 Å². The Bertz CT molecular complexity index is 490. The van der Waals surface area contributed by atoms with Gasteiger partial charge < -0.3 is 5.32 Å². The van der Waals surface area contributed by atoms with Crippen LogP contribution in [0.15, 0.2) is 18.2 Å². The molecule has 0 radical (unpaired) electrons. The van der Waals surface area contributed by atoms with E-state index in [9.17, 15) is 10.1 Å². The number of nitro benzene ring substituents is 1. The van der Waals surface area contributed by atoms with Gasteiger partial charge in [0.2, 0.25) is 0 Å². The minimum atomic E-state index is -0.414. The van der Waals surface area contributed by atoms with E-state index in [-0.39, 0.29) is 5.69 Å². The number of nitrogens with one attached hydrogen (secondary N) is 1. The van der Waals surface area contributed by atoms with Gasteiger partial charge in [-0.3, -0.25) is 15.0 Å². The Hall–Kier alpha value is -1.17. The van der Waals surface area contributed by atoms with E-state index in [0.717, 1.165) is 44.2 Å². The first kappa shape index (κ1) is 16.2. The molecule has 1 aromatic rings. The summed E-state index contributed by atoms with van der Waals surface area (Å²) in [6, 6.07) is 4.74. The van der Waals surface area contributed by atoms with E-state index in [1.54, 1.807) is 6.07 Å². The van der Waals surface area contributed by atoms with E-state index in [1.165, 1.54) is 25.0 Å². The van der Waals surface area contributed by atoms with Gasteiger partial charge in [0.1, 0.15) is 0 Å². The molecule has 0 saturated carbocycles. The lowest BCUT2D eigenvalue weighted by molar-refractivity contribution is -0.384. The molecule has 1 saturated heterocycles. The van der Waals surface area contributed by atoms with Gasteiger partial charge in [-0.1, -0.05) is 18.5 Å². The van der Waals surface area contributed by atoms with Crippen molar-refractivity contribution in [2.24, 2.45) is 5.92 Å². The summed E-state index contributed by atoms with van der Waals surface area (Å²) in [5, 5.41) is 14.6. The van der Waals surface area contributed by atoms with Gasteiger partial charge in [-0.05, 0) is 50.0 Å². The molecule has 0 aromatic heterocycles. The summed E-state index contributed by atoms with van der Waals surface area (Å²) >= 11 is 6.18. The van der Waals surface area contributed by atoms with Crippen molar-refractivity contribution in [3.05, 3.63) is 38.9 Å². The minimum Gasteiger partial charge on any atom is -0.317 e. The van der Waals surface area contributed by atoms with Gasteiger partial charge in [0.05, 0.1) is 9.95 Å². The highest BCUT2D eigenvalue weighted by atomic mass is 35.5. The molecule has 0 atom stereocenters. The van der Waals surface area contributed by atoms with E-state index in [0.29, 0.717) is 5.02 Å². The fourth-order valence-corrected chi connectivity index (χ4v) is 2.99. The first-order valence-electron chi connectivity index (χ1n) is 7.46. The third-order valence-corrected chi connectivity index (χ3v) is 4.42. The summed E-state index contributed by atoms with van der Waals surface area (Å²) in [7, 11) is 0. The highest BCUT2D eigenvalue weighted by molar-refractivity contribution is 6.31. The quantitative estimate of drug-likeness (QED) is 0.648. The zero-order valence-corrected chi connectivity index (χ0v) is 13.1. The molecule has 2 rings (SSSR count). The molecule has 116 valence electrons. The first-order chi connectivity index (χ1) is 10.1. The first-order valence-corrected chi connectivity index (χ1v) is 7.83. The van der Waals surface area contributed by atoms with Crippen LogP contribution in [0.1, 0.15) is 25.3 Å². The van der Waals surface area contributed by atoms with E-state index >= 15 is 0 Å². The topological polar surface area (TPSA) is 58.4 Å². The largest absolute Gasteiger partial charge is 0.317 e. The Morgan fingerprint density at radius 3 is 2.71 bits per heavy atom. The molecule has 1 aliphatic heterocycles. The number of piperidine rings is 1. The van der Waals surface area contributed by atoms with E-state index in [2.05, 4.69) is 17.1 Å². The van der Waals surface area contributed by atoms with Crippen molar-refractivity contribution in [1.29, 1.82) is 0 Å². The Kier molecular flexibility index (Phi) is 5.96. The molecule has 0 bridgehead atoms. The molecule has 0 aliphatic carbocycles. The molecule has 0 amide bonds. The molecule has 1 N–H and O–H groups in total. The molecule has 0 unspecified atom stereocenters. The molecule has 1 aliphatic rings. The molecule has 1 fully saturated rings. The van der Waals surface area contributed by atoms with Crippen LogP contribution in [0.25, 0.3) is 0 Å².